The fourth-order valence-electron chi connectivity index (χ4n) is 0. The zero-order valence-corrected chi connectivity index (χ0v) is 8.12. The summed E-state index contributed by atoms with van der Waals surface area (Å²) in [5.74, 6) is 0. The molecule has 0 unspecified atom stereocenters. The summed E-state index contributed by atoms with van der Waals surface area (Å²) in [7, 11) is -2.04. The van der Waals surface area contributed by atoms with Crippen molar-refractivity contribution >= 4 is 10.1 Å². The van der Waals surface area contributed by atoms with Crippen LogP contribution in [0.5, 0.6) is 0 Å². The van der Waals surface area contributed by atoms with Gasteiger partial charge in [-0.2, -0.15) is 8.42 Å². The molecule has 40 valence electrons. The van der Waals surface area contributed by atoms with Crippen LogP contribution < -0.4 is 0 Å². The Morgan fingerprint density at radius 1 is 1.43 bits per heavy atom. The minimum atomic E-state index is -3.16. The summed E-state index contributed by atoms with van der Waals surface area (Å²) >= 11 is 0. The van der Waals surface area contributed by atoms with Crippen LogP contribution in [0.1, 0.15) is 0 Å². The Morgan fingerprint density at radius 3 is 1.57 bits per heavy atom. The van der Waals surface area contributed by atoms with E-state index in [0.29, 0.717) is 0 Å². The second-order valence-corrected chi connectivity index (χ2v) is 2.61. The summed E-state index contributed by atoms with van der Waals surface area (Å²) in [6.07, 6.45) is 0.993. The van der Waals surface area contributed by atoms with Crippen molar-refractivity contribution < 1.29 is 32.1 Å². The fraction of sp³-hybridized carbons (Fsp3) is 1.00. The van der Waals surface area contributed by atoms with Crippen molar-refractivity contribution in [3.8, 4) is 0 Å². The van der Waals surface area contributed by atoms with Gasteiger partial charge in [-0.1, -0.05) is 0 Å². The Labute approximate surface area is 55.9 Å². The normalized spacial score (nSPS) is 10.0. The molecule has 0 rings (SSSR count). The molecule has 0 aromatic carbocycles. The molecular formula is C2H6O3SZn. The predicted octanol–water partition coefficient (Wildman–Crippen LogP) is -0.410. The van der Waals surface area contributed by atoms with E-state index in [1.54, 1.807) is 0 Å². The van der Waals surface area contributed by atoms with Crippen molar-refractivity contribution in [2.24, 2.45) is 0 Å². The van der Waals surface area contributed by atoms with E-state index in [1.807, 2.05) is 0 Å². The first kappa shape index (κ1) is 10.5. The van der Waals surface area contributed by atoms with Gasteiger partial charge in [-0.3, -0.25) is 4.18 Å². The summed E-state index contributed by atoms with van der Waals surface area (Å²) in [5, 5.41) is 0. The van der Waals surface area contributed by atoms with Crippen molar-refractivity contribution in [2.75, 3.05) is 13.4 Å². The summed E-state index contributed by atoms with van der Waals surface area (Å²) in [4.78, 5) is 0. The predicted molar refractivity (Wildman–Crippen MR) is 21.9 cm³/mol. The second kappa shape index (κ2) is 3.52. The van der Waals surface area contributed by atoms with E-state index >= 15 is 0 Å². The van der Waals surface area contributed by atoms with E-state index in [4.69, 9.17) is 0 Å². The molecule has 0 radical (unpaired) electrons. The zero-order valence-electron chi connectivity index (χ0n) is 4.34. The van der Waals surface area contributed by atoms with E-state index in [1.165, 1.54) is 0 Å². The van der Waals surface area contributed by atoms with Crippen molar-refractivity contribution in [2.45, 2.75) is 0 Å². The second-order valence-electron chi connectivity index (χ2n) is 0.871. The number of hydrogen-bond donors (Lipinski definition) is 0. The van der Waals surface area contributed by atoms with Gasteiger partial charge in [-0.15, -0.1) is 0 Å². The largest absolute Gasteiger partial charge is 0.274 e. The molecule has 0 aliphatic heterocycles. The third kappa shape index (κ3) is 10.8. The van der Waals surface area contributed by atoms with Gasteiger partial charge < -0.3 is 0 Å². The molecule has 0 amide bonds. The maximum Gasteiger partial charge on any atom is 0.264 e. The van der Waals surface area contributed by atoms with Crippen LogP contribution in [0.15, 0.2) is 0 Å². The molecule has 0 saturated heterocycles. The van der Waals surface area contributed by atoms with Gasteiger partial charge in [0.2, 0.25) is 0 Å². The van der Waals surface area contributed by atoms with Crippen LogP contribution >= 0.6 is 0 Å². The maximum absolute atomic E-state index is 9.78. The summed E-state index contributed by atoms with van der Waals surface area (Å²) in [6, 6.07) is 0. The van der Waals surface area contributed by atoms with Crippen LogP contribution in [0, 0.1) is 0 Å². The Bertz CT molecular complexity index is 115. The van der Waals surface area contributed by atoms with Crippen LogP contribution in [0.3, 0.4) is 0 Å². The van der Waals surface area contributed by atoms with E-state index in [2.05, 4.69) is 4.18 Å². The molecule has 7 heavy (non-hydrogen) atoms. The van der Waals surface area contributed by atoms with Crippen LogP contribution in [-0.2, 0) is 33.8 Å². The van der Waals surface area contributed by atoms with Crippen molar-refractivity contribution in [3.05, 3.63) is 0 Å². The van der Waals surface area contributed by atoms with Crippen LogP contribution in [0.25, 0.3) is 0 Å². The number of rotatable bonds is 1. The van der Waals surface area contributed by atoms with Gasteiger partial charge >= 0.3 is 0 Å². The van der Waals surface area contributed by atoms with E-state index in [-0.39, 0.29) is 19.5 Å². The zero-order chi connectivity index (χ0) is 5.21. The quantitative estimate of drug-likeness (QED) is 0.402. The Balaban J connectivity index is 0. The molecular weight excluding hydrogens is 169 g/mol. The minimum Gasteiger partial charge on any atom is -0.274 e. The molecule has 5 heteroatoms. The smallest absolute Gasteiger partial charge is 0.264 e. The monoisotopic (exact) mass is 174 g/mol. The SMILES string of the molecule is COS(C)(=O)=O.[Zn]. The van der Waals surface area contributed by atoms with Gasteiger partial charge in [0.25, 0.3) is 10.1 Å². The average Bonchev–Trinajstić information content (AvgIpc) is 1.35. The van der Waals surface area contributed by atoms with Gasteiger partial charge in [-0.05, 0) is 0 Å². The first-order chi connectivity index (χ1) is 2.56. The molecule has 0 N–H and O–H groups in total. The summed E-state index contributed by atoms with van der Waals surface area (Å²) in [6.45, 7) is 0. The number of hydrogen-bond acceptors (Lipinski definition) is 3. The van der Waals surface area contributed by atoms with Crippen LogP contribution in [0.2, 0.25) is 0 Å². The maximum atomic E-state index is 9.78. The molecule has 0 bridgehead atoms. The molecule has 0 saturated carbocycles. The first-order valence-electron chi connectivity index (χ1n) is 1.32. The van der Waals surface area contributed by atoms with E-state index in [0.717, 1.165) is 13.4 Å². The molecule has 0 spiro atoms. The third-order valence-corrected chi connectivity index (χ3v) is 0.908. The van der Waals surface area contributed by atoms with Crippen molar-refractivity contribution in [3.63, 3.8) is 0 Å². The van der Waals surface area contributed by atoms with Gasteiger partial charge in [0, 0.05) is 19.5 Å². The van der Waals surface area contributed by atoms with Crippen molar-refractivity contribution in [1.29, 1.82) is 0 Å². The minimum absolute atomic E-state index is 0. The van der Waals surface area contributed by atoms with Crippen LogP contribution in [-0.4, -0.2) is 21.8 Å². The molecule has 0 atom stereocenters. The molecule has 0 aromatic heterocycles. The van der Waals surface area contributed by atoms with E-state index < -0.39 is 10.1 Å². The summed E-state index contributed by atoms with van der Waals surface area (Å²) in [5.41, 5.74) is 0. The first-order valence-corrected chi connectivity index (χ1v) is 3.13. The topological polar surface area (TPSA) is 43.4 Å². The Kier molecular flexibility index (Phi) is 5.29. The van der Waals surface area contributed by atoms with Gasteiger partial charge in [0.1, 0.15) is 0 Å². The molecule has 0 aliphatic carbocycles. The molecule has 0 fully saturated rings. The van der Waals surface area contributed by atoms with Crippen LogP contribution in [0.4, 0.5) is 0 Å². The van der Waals surface area contributed by atoms with E-state index in [9.17, 15) is 8.42 Å². The Hall–Kier alpha value is 0.533. The average molecular weight is 176 g/mol. The third-order valence-electron chi connectivity index (χ3n) is 0.303. The fourth-order valence-corrected chi connectivity index (χ4v) is 0. The van der Waals surface area contributed by atoms with Crippen molar-refractivity contribution in [1.82, 2.24) is 0 Å². The van der Waals surface area contributed by atoms with Gasteiger partial charge in [0.05, 0.1) is 13.4 Å². The summed E-state index contributed by atoms with van der Waals surface area (Å²) < 4.78 is 23.5. The standard InChI is InChI=1S/C2H6O3S.Zn/c1-5-6(2,3)4;/h1-2H3;. The Morgan fingerprint density at radius 2 is 1.57 bits per heavy atom. The van der Waals surface area contributed by atoms with Gasteiger partial charge in [-0.25, -0.2) is 0 Å². The molecule has 0 heterocycles. The molecule has 3 nitrogen and oxygen atoms in total. The van der Waals surface area contributed by atoms with Gasteiger partial charge in [0.15, 0.2) is 0 Å². The molecule has 0 aromatic rings. The molecule has 0 aliphatic rings.